The number of ether oxygens (including phenoxy) is 1. The lowest BCUT2D eigenvalue weighted by Crippen LogP contribution is -2.37. The molecule has 1 aliphatic carbocycles. The van der Waals surface area contributed by atoms with Gasteiger partial charge in [-0.1, -0.05) is 13.8 Å². The first-order chi connectivity index (χ1) is 18.7. The lowest BCUT2D eigenvalue weighted by Gasteiger charge is -2.33. The van der Waals surface area contributed by atoms with Crippen LogP contribution in [0.1, 0.15) is 56.0 Å². The quantitative estimate of drug-likeness (QED) is 0.461. The monoisotopic (exact) mass is 541 g/mol. The minimum absolute atomic E-state index is 0.256. The van der Waals surface area contributed by atoms with Crippen molar-refractivity contribution in [2.24, 2.45) is 17.8 Å². The molecule has 0 unspecified atom stereocenters. The van der Waals surface area contributed by atoms with Crippen LogP contribution >= 0.6 is 0 Å². The van der Waals surface area contributed by atoms with Crippen molar-refractivity contribution in [1.82, 2.24) is 19.5 Å². The Kier molecular flexibility index (Phi) is 8.27. The van der Waals surface area contributed by atoms with E-state index in [1.54, 1.807) is 33.3 Å². The number of nitrogens with zero attached hydrogens (tertiary/aromatic N) is 6. The number of nitrogens with two attached hydrogens (primary N) is 1. The Morgan fingerprint density at radius 1 is 1.13 bits per heavy atom. The molecule has 2 N–H and O–H groups in total. The maximum Gasteiger partial charge on any atom is 0.434 e. The maximum atomic E-state index is 13.1. The molecule has 5 rings (SSSR count). The van der Waals surface area contributed by atoms with Gasteiger partial charge in [0.25, 0.3) is 0 Å². The Morgan fingerprint density at radius 2 is 1.82 bits per heavy atom. The molecule has 2 fully saturated rings. The van der Waals surface area contributed by atoms with Gasteiger partial charge in [0.05, 0.1) is 24.1 Å². The number of imidazole rings is 1. The second-order valence-electron chi connectivity index (χ2n) is 9.26. The number of aryl methyl sites for hydroxylation is 1. The van der Waals surface area contributed by atoms with Crippen LogP contribution in [0.4, 0.5) is 18.9 Å². The summed E-state index contributed by atoms with van der Waals surface area (Å²) in [6.07, 6.45) is 0.828. The third-order valence-electron chi connectivity index (χ3n) is 6.84. The van der Waals surface area contributed by atoms with Crippen molar-refractivity contribution in [2.75, 3.05) is 32.1 Å². The largest absolute Gasteiger partial charge is 0.480 e. The van der Waals surface area contributed by atoms with Gasteiger partial charge in [-0.2, -0.15) is 13.2 Å². The molecule has 0 atom stereocenters. The molecule has 3 heterocycles. The topological polar surface area (TPSA) is 94.5 Å². The fourth-order valence-electron chi connectivity index (χ4n) is 4.76. The molecule has 0 spiro atoms. The minimum atomic E-state index is -4.49. The Bertz CT molecular complexity index is 1370. The molecule has 208 valence electrons. The maximum absolute atomic E-state index is 13.1. The molecule has 11 heteroatoms. The predicted octanol–water partition coefficient (Wildman–Crippen LogP) is 5.46. The van der Waals surface area contributed by atoms with E-state index in [4.69, 9.17) is 10.5 Å². The summed E-state index contributed by atoms with van der Waals surface area (Å²) < 4.78 is 46.2. The Balaban J connectivity index is 0.00000172. The molecule has 0 bridgehead atoms. The molecule has 0 radical (unpaired) electrons. The first kappa shape index (κ1) is 28.1. The standard InChI is InChI=1S/C26H28F3N7O.C2H6/c1-31-19-10-11-36(12-18(19)22(30)21-23(15-4-5-15)32-14-33-25(21)37-3)17-8-6-16(7-9-17)24-34-20(13-35(24)2)26(27,28)29;1-2/h6-9,13-15H,4-5,10-12,30H2,1-3H3;1-2H3/b22-18-,31-19?;. The van der Waals surface area contributed by atoms with E-state index in [-0.39, 0.29) is 5.82 Å². The number of hydrogen-bond donors (Lipinski definition) is 1. The lowest BCUT2D eigenvalue weighted by atomic mass is 9.95. The molecule has 2 aliphatic rings. The zero-order valence-electron chi connectivity index (χ0n) is 22.9. The van der Waals surface area contributed by atoms with E-state index in [0.29, 0.717) is 36.0 Å². The Morgan fingerprint density at radius 3 is 2.38 bits per heavy atom. The van der Waals surface area contributed by atoms with E-state index in [2.05, 4.69) is 24.8 Å². The van der Waals surface area contributed by atoms with E-state index >= 15 is 0 Å². The Hall–Kier alpha value is -3.89. The van der Waals surface area contributed by atoms with Gasteiger partial charge in [0.15, 0.2) is 5.69 Å². The van der Waals surface area contributed by atoms with Crippen LogP contribution in [0.2, 0.25) is 0 Å². The summed E-state index contributed by atoms with van der Waals surface area (Å²) in [4.78, 5) is 19.3. The number of aromatic nitrogens is 4. The van der Waals surface area contributed by atoms with Crippen LogP contribution < -0.4 is 15.4 Å². The SMILES string of the molecule is CC.CN=C1CCN(c2ccc(-c3nc(C(F)(F)F)cn3C)cc2)C/C1=C(/N)c1c(OC)ncnc1C1CC1. The van der Waals surface area contributed by atoms with Crippen LogP contribution in [0.15, 0.2) is 47.4 Å². The number of piperidine rings is 1. The first-order valence-corrected chi connectivity index (χ1v) is 13.0. The Labute approximate surface area is 226 Å². The fraction of sp³-hybridized carbons (Fsp3) is 0.429. The molecule has 1 aliphatic heterocycles. The van der Waals surface area contributed by atoms with Crippen molar-refractivity contribution in [3.05, 3.63) is 59.3 Å². The highest BCUT2D eigenvalue weighted by molar-refractivity contribution is 6.08. The summed E-state index contributed by atoms with van der Waals surface area (Å²) in [5.41, 5.74) is 11.4. The molecule has 3 aromatic rings. The smallest absolute Gasteiger partial charge is 0.434 e. The van der Waals surface area contributed by atoms with Gasteiger partial charge in [-0.15, -0.1) is 0 Å². The van der Waals surface area contributed by atoms with Crippen molar-refractivity contribution in [2.45, 2.75) is 45.2 Å². The summed E-state index contributed by atoms with van der Waals surface area (Å²) >= 11 is 0. The number of benzene rings is 1. The molecular formula is C28H34F3N7O. The number of halogens is 3. The van der Waals surface area contributed by atoms with Crippen LogP contribution in [0.25, 0.3) is 17.1 Å². The van der Waals surface area contributed by atoms with Crippen molar-refractivity contribution < 1.29 is 17.9 Å². The van der Waals surface area contributed by atoms with Crippen LogP contribution in [0.3, 0.4) is 0 Å². The van der Waals surface area contributed by atoms with Crippen molar-refractivity contribution in [1.29, 1.82) is 0 Å². The molecule has 0 amide bonds. The van der Waals surface area contributed by atoms with Gasteiger partial charge in [-0.3, -0.25) is 4.99 Å². The zero-order valence-corrected chi connectivity index (χ0v) is 22.9. The van der Waals surface area contributed by atoms with Gasteiger partial charge in [-0.25, -0.2) is 15.0 Å². The average molecular weight is 542 g/mol. The van der Waals surface area contributed by atoms with Crippen LogP contribution in [-0.4, -0.2) is 52.5 Å². The highest BCUT2D eigenvalue weighted by atomic mass is 19.4. The van der Waals surface area contributed by atoms with Crippen LogP contribution in [0, 0.1) is 0 Å². The lowest BCUT2D eigenvalue weighted by molar-refractivity contribution is -0.140. The molecule has 8 nitrogen and oxygen atoms in total. The van der Waals surface area contributed by atoms with E-state index in [9.17, 15) is 13.2 Å². The predicted molar refractivity (Wildman–Crippen MR) is 147 cm³/mol. The second-order valence-corrected chi connectivity index (χ2v) is 9.26. The van der Waals surface area contributed by atoms with E-state index in [1.165, 1.54) is 10.9 Å². The van der Waals surface area contributed by atoms with Gasteiger partial charge < -0.3 is 19.9 Å². The normalized spacial score (nSPS) is 18.1. The van der Waals surface area contributed by atoms with Crippen molar-refractivity contribution in [3.8, 4) is 17.3 Å². The van der Waals surface area contributed by atoms with Crippen molar-refractivity contribution in [3.63, 3.8) is 0 Å². The van der Waals surface area contributed by atoms with E-state index in [1.807, 2.05) is 26.0 Å². The number of methoxy groups -OCH3 is 1. The van der Waals surface area contributed by atoms with Gasteiger partial charge in [0.1, 0.15) is 12.2 Å². The summed E-state index contributed by atoms with van der Waals surface area (Å²) in [6, 6.07) is 7.35. The molecule has 39 heavy (non-hydrogen) atoms. The van der Waals surface area contributed by atoms with Crippen LogP contribution in [-0.2, 0) is 13.2 Å². The molecule has 1 saturated carbocycles. The summed E-state index contributed by atoms with van der Waals surface area (Å²) in [5, 5.41) is 0. The van der Waals surface area contributed by atoms with Gasteiger partial charge in [0, 0.05) is 68.3 Å². The van der Waals surface area contributed by atoms with Gasteiger partial charge >= 0.3 is 6.18 Å². The number of rotatable bonds is 5. The first-order valence-electron chi connectivity index (χ1n) is 13.0. The number of hydrogen-bond acceptors (Lipinski definition) is 7. The summed E-state index contributed by atoms with van der Waals surface area (Å²) in [5.74, 6) is 1.06. The minimum Gasteiger partial charge on any atom is -0.480 e. The average Bonchev–Trinajstić information content (AvgIpc) is 3.73. The zero-order chi connectivity index (χ0) is 28.3. The van der Waals surface area contributed by atoms with Crippen LogP contribution in [0.5, 0.6) is 5.88 Å². The highest BCUT2D eigenvalue weighted by Crippen LogP contribution is 2.44. The summed E-state index contributed by atoms with van der Waals surface area (Å²) in [7, 11) is 4.89. The van der Waals surface area contributed by atoms with Gasteiger partial charge in [-0.05, 0) is 37.1 Å². The number of anilines is 1. The third-order valence-corrected chi connectivity index (χ3v) is 6.84. The second kappa shape index (κ2) is 11.5. The number of aliphatic imine (C=N–C) groups is 1. The van der Waals surface area contributed by atoms with Gasteiger partial charge in [0.2, 0.25) is 5.88 Å². The molecule has 1 aromatic carbocycles. The molecular weight excluding hydrogens is 507 g/mol. The molecule has 1 saturated heterocycles. The highest BCUT2D eigenvalue weighted by Gasteiger charge is 2.35. The van der Waals surface area contributed by atoms with Crippen molar-refractivity contribution >= 4 is 17.1 Å². The number of alkyl halides is 3. The van der Waals surface area contributed by atoms with E-state index < -0.39 is 11.9 Å². The third kappa shape index (κ3) is 5.76. The molecule has 2 aromatic heterocycles. The van der Waals surface area contributed by atoms with E-state index in [0.717, 1.165) is 53.8 Å². The fourth-order valence-corrected chi connectivity index (χ4v) is 4.76. The summed E-state index contributed by atoms with van der Waals surface area (Å²) in [6.45, 7) is 5.24.